The molecule has 2 amide bonds. The van der Waals surface area contributed by atoms with Crippen molar-refractivity contribution < 1.29 is 14.3 Å². The van der Waals surface area contributed by atoms with Crippen molar-refractivity contribution in [3.8, 4) is 0 Å². The third kappa shape index (κ3) is 3.66. The molecule has 0 aromatic carbocycles. The molecule has 0 aliphatic heterocycles. The molecule has 0 unspecified atom stereocenters. The van der Waals surface area contributed by atoms with Gasteiger partial charge in [0.25, 0.3) is 0 Å². The molecule has 0 atom stereocenters. The van der Waals surface area contributed by atoms with Crippen molar-refractivity contribution in [1.82, 2.24) is 9.88 Å². The van der Waals surface area contributed by atoms with E-state index in [9.17, 15) is 9.18 Å². The van der Waals surface area contributed by atoms with Crippen molar-refractivity contribution in [2.24, 2.45) is 0 Å². The second-order valence-corrected chi connectivity index (χ2v) is 4.99. The van der Waals surface area contributed by atoms with E-state index in [0.717, 1.165) is 31.9 Å². The van der Waals surface area contributed by atoms with Gasteiger partial charge in [-0.1, -0.05) is 19.3 Å². The number of hydrogen-bond donors (Lipinski definition) is 2. The lowest BCUT2D eigenvalue weighted by Gasteiger charge is -2.34. The molecular formula is C14H20FN3O2. The van der Waals surface area contributed by atoms with E-state index >= 15 is 0 Å². The van der Waals surface area contributed by atoms with E-state index in [0.29, 0.717) is 0 Å². The third-order valence-corrected chi connectivity index (χ3v) is 3.63. The van der Waals surface area contributed by atoms with Gasteiger partial charge in [-0.2, -0.15) is 0 Å². The van der Waals surface area contributed by atoms with Crippen LogP contribution in [0.1, 0.15) is 32.1 Å². The molecule has 1 aliphatic rings. The lowest BCUT2D eigenvalue weighted by molar-refractivity contribution is 0.144. The van der Waals surface area contributed by atoms with E-state index in [1.54, 1.807) is 4.90 Å². The smallest absolute Gasteiger partial charge is 0.322 e. The average Bonchev–Trinajstić information content (AvgIpc) is 2.48. The Labute approximate surface area is 117 Å². The van der Waals surface area contributed by atoms with Crippen molar-refractivity contribution in [2.45, 2.75) is 38.1 Å². The summed E-state index contributed by atoms with van der Waals surface area (Å²) in [4.78, 5) is 17.5. The molecule has 0 spiro atoms. The van der Waals surface area contributed by atoms with Crippen LogP contribution in [0.2, 0.25) is 0 Å². The summed E-state index contributed by atoms with van der Waals surface area (Å²) in [5.41, 5.74) is 0.115. The molecule has 1 saturated carbocycles. The summed E-state index contributed by atoms with van der Waals surface area (Å²) in [6, 6.07) is 1.18. The van der Waals surface area contributed by atoms with Gasteiger partial charge >= 0.3 is 6.03 Å². The number of hydrogen-bond acceptors (Lipinski definition) is 3. The third-order valence-electron chi connectivity index (χ3n) is 3.63. The van der Waals surface area contributed by atoms with E-state index in [1.807, 2.05) is 0 Å². The molecule has 0 bridgehead atoms. The summed E-state index contributed by atoms with van der Waals surface area (Å²) in [5, 5.41) is 11.7. The van der Waals surface area contributed by atoms with E-state index < -0.39 is 5.82 Å². The molecule has 2 N–H and O–H groups in total. The summed E-state index contributed by atoms with van der Waals surface area (Å²) in [5.74, 6) is -0.562. The standard InChI is InChI=1S/C14H20FN3O2/c15-12-10-16-7-6-13(12)17-14(20)18(8-9-19)11-4-2-1-3-5-11/h6-7,10-11,19H,1-5,8-9H2,(H,16,17,20). The number of urea groups is 1. The highest BCUT2D eigenvalue weighted by Gasteiger charge is 2.25. The number of carbonyl (C=O) groups excluding carboxylic acids is 1. The Hall–Kier alpha value is -1.69. The van der Waals surface area contributed by atoms with Crippen molar-refractivity contribution in [3.63, 3.8) is 0 Å². The van der Waals surface area contributed by atoms with E-state index in [4.69, 9.17) is 5.11 Å². The molecule has 0 radical (unpaired) electrons. The highest BCUT2D eigenvalue weighted by Crippen LogP contribution is 2.23. The first kappa shape index (κ1) is 14.7. The van der Waals surface area contributed by atoms with Crippen LogP contribution in [-0.4, -0.2) is 40.2 Å². The summed E-state index contributed by atoms with van der Waals surface area (Å²) < 4.78 is 13.5. The van der Waals surface area contributed by atoms with Crippen molar-refractivity contribution in [1.29, 1.82) is 0 Å². The maximum Gasteiger partial charge on any atom is 0.322 e. The number of aliphatic hydroxyl groups is 1. The number of rotatable bonds is 4. The van der Waals surface area contributed by atoms with Gasteiger partial charge in [0, 0.05) is 18.8 Å². The molecule has 1 fully saturated rings. The topological polar surface area (TPSA) is 65.5 Å². The van der Waals surface area contributed by atoms with Crippen LogP contribution in [0.25, 0.3) is 0 Å². The maximum absolute atomic E-state index is 13.5. The van der Waals surface area contributed by atoms with Crippen molar-refractivity contribution in [3.05, 3.63) is 24.3 Å². The number of aliphatic hydroxyl groups excluding tert-OH is 1. The van der Waals surface area contributed by atoms with Gasteiger partial charge in [-0.15, -0.1) is 0 Å². The van der Waals surface area contributed by atoms with Gasteiger partial charge in [-0.3, -0.25) is 4.98 Å². The molecule has 1 heterocycles. The van der Waals surface area contributed by atoms with Gasteiger partial charge in [0.05, 0.1) is 18.5 Å². The highest BCUT2D eigenvalue weighted by atomic mass is 19.1. The normalized spacial score (nSPS) is 15.9. The molecule has 2 rings (SSSR count). The van der Waals surface area contributed by atoms with Gasteiger partial charge in [-0.05, 0) is 18.9 Å². The zero-order valence-corrected chi connectivity index (χ0v) is 11.4. The fraction of sp³-hybridized carbons (Fsp3) is 0.571. The molecule has 20 heavy (non-hydrogen) atoms. The minimum Gasteiger partial charge on any atom is -0.395 e. The fourth-order valence-electron chi connectivity index (χ4n) is 2.61. The van der Waals surface area contributed by atoms with Crippen molar-refractivity contribution in [2.75, 3.05) is 18.5 Å². The van der Waals surface area contributed by atoms with Crippen LogP contribution in [0.4, 0.5) is 14.9 Å². The van der Waals surface area contributed by atoms with Gasteiger partial charge < -0.3 is 15.3 Å². The molecule has 1 aromatic heterocycles. The Kier molecular flexibility index (Phi) is 5.29. The largest absolute Gasteiger partial charge is 0.395 e. The molecule has 5 nitrogen and oxygen atoms in total. The SMILES string of the molecule is O=C(Nc1ccncc1F)N(CCO)C1CCCCC1. The summed E-state index contributed by atoms with van der Waals surface area (Å²) in [7, 11) is 0. The summed E-state index contributed by atoms with van der Waals surface area (Å²) in [6.07, 6.45) is 7.72. The van der Waals surface area contributed by atoms with Crippen LogP contribution in [0.15, 0.2) is 18.5 Å². The number of nitrogens with zero attached hydrogens (tertiary/aromatic N) is 2. The first-order valence-electron chi connectivity index (χ1n) is 7.00. The number of halogens is 1. The lowest BCUT2D eigenvalue weighted by Crippen LogP contribution is -2.45. The van der Waals surface area contributed by atoms with Crippen LogP contribution in [-0.2, 0) is 0 Å². The minimum atomic E-state index is -0.562. The number of anilines is 1. The number of nitrogens with one attached hydrogen (secondary N) is 1. The Bertz CT molecular complexity index is 450. The average molecular weight is 281 g/mol. The predicted octanol–water partition coefficient (Wildman–Crippen LogP) is 2.38. The second-order valence-electron chi connectivity index (χ2n) is 4.99. The molecule has 0 saturated heterocycles. The van der Waals surface area contributed by atoms with Crippen LogP contribution in [0.5, 0.6) is 0 Å². The quantitative estimate of drug-likeness (QED) is 0.890. The second kappa shape index (κ2) is 7.19. The monoisotopic (exact) mass is 281 g/mol. The highest BCUT2D eigenvalue weighted by molar-refractivity contribution is 5.89. The van der Waals surface area contributed by atoms with Crippen LogP contribution in [0.3, 0.4) is 0 Å². The summed E-state index contributed by atoms with van der Waals surface area (Å²) >= 11 is 0. The van der Waals surface area contributed by atoms with E-state index in [2.05, 4.69) is 10.3 Å². The van der Waals surface area contributed by atoms with Crippen LogP contribution >= 0.6 is 0 Å². The zero-order chi connectivity index (χ0) is 14.4. The van der Waals surface area contributed by atoms with Gasteiger partial charge in [-0.25, -0.2) is 9.18 Å². The Morgan fingerprint density at radius 2 is 2.20 bits per heavy atom. The van der Waals surface area contributed by atoms with Crippen LogP contribution < -0.4 is 5.32 Å². The molecule has 1 aliphatic carbocycles. The molecule has 6 heteroatoms. The summed E-state index contributed by atoms with van der Waals surface area (Å²) in [6.45, 7) is 0.173. The fourth-order valence-corrected chi connectivity index (χ4v) is 2.61. The number of carbonyl (C=O) groups is 1. The lowest BCUT2D eigenvalue weighted by atomic mass is 9.94. The number of aromatic nitrogens is 1. The Morgan fingerprint density at radius 1 is 1.45 bits per heavy atom. The molecule has 1 aromatic rings. The molecule has 110 valence electrons. The Morgan fingerprint density at radius 3 is 2.85 bits per heavy atom. The van der Waals surface area contributed by atoms with Gasteiger partial charge in [0.1, 0.15) is 0 Å². The zero-order valence-electron chi connectivity index (χ0n) is 11.4. The van der Waals surface area contributed by atoms with Gasteiger partial charge in [0.2, 0.25) is 0 Å². The number of pyridine rings is 1. The van der Waals surface area contributed by atoms with Gasteiger partial charge in [0.15, 0.2) is 5.82 Å². The molecular weight excluding hydrogens is 261 g/mol. The van der Waals surface area contributed by atoms with Crippen molar-refractivity contribution >= 4 is 11.7 Å². The minimum absolute atomic E-state index is 0.0945. The van der Waals surface area contributed by atoms with E-state index in [-0.39, 0.29) is 30.9 Å². The van der Waals surface area contributed by atoms with E-state index in [1.165, 1.54) is 18.7 Å². The predicted molar refractivity (Wildman–Crippen MR) is 73.9 cm³/mol. The first-order valence-corrected chi connectivity index (χ1v) is 7.00. The van der Waals surface area contributed by atoms with Crippen LogP contribution in [0, 0.1) is 5.82 Å². The number of amides is 2. The maximum atomic E-state index is 13.5. The first-order chi connectivity index (χ1) is 9.72. The Balaban J connectivity index is 2.04.